The topological polar surface area (TPSA) is 105 Å². The second-order valence-electron chi connectivity index (χ2n) is 9.08. The zero-order valence-electron chi connectivity index (χ0n) is 19.2. The number of nitrogens with zero attached hydrogens (tertiary/aromatic N) is 3. The van der Waals surface area contributed by atoms with Gasteiger partial charge in [-0.15, -0.1) is 5.10 Å². The Morgan fingerprint density at radius 2 is 1.71 bits per heavy atom. The van der Waals surface area contributed by atoms with Gasteiger partial charge in [0.05, 0.1) is 4.90 Å². The molecular formula is C25H28N4O4S. The number of carbonyl (C=O) groups excluding carboxylic acids is 1. The fourth-order valence-electron chi connectivity index (χ4n) is 4.68. The van der Waals surface area contributed by atoms with Crippen molar-refractivity contribution in [3.63, 3.8) is 0 Å². The molecule has 0 bridgehead atoms. The van der Waals surface area contributed by atoms with Gasteiger partial charge in [0.1, 0.15) is 0 Å². The second kappa shape index (κ2) is 9.31. The van der Waals surface area contributed by atoms with Crippen LogP contribution in [0.4, 0.5) is 6.01 Å². The van der Waals surface area contributed by atoms with Crippen molar-refractivity contribution in [2.24, 2.45) is 5.92 Å². The third-order valence-corrected chi connectivity index (χ3v) is 8.65. The smallest absolute Gasteiger partial charge is 0.322 e. The molecule has 1 aliphatic heterocycles. The average Bonchev–Trinajstić information content (AvgIpc) is 3.32. The van der Waals surface area contributed by atoms with Gasteiger partial charge in [0.2, 0.25) is 21.8 Å². The summed E-state index contributed by atoms with van der Waals surface area (Å²) >= 11 is 0. The van der Waals surface area contributed by atoms with Gasteiger partial charge in [0.15, 0.2) is 0 Å². The van der Waals surface area contributed by atoms with E-state index < -0.39 is 10.0 Å². The zero-order valence-corrected chi connectivity index (χ0v) is 20.0. The first-order chi connectivity index (χ1) is 16.4. The van der Waals surface area contributed by atoms with Gasteiger partial charge in [-0.2, -0.15) is 4.31 Å². The van der Waals surface area contributed by atoms with Crippen LogP contribution >= 0.6 is 0 Å². The van der Waals surface area contributed by atoms with Crippen LogP contribution in [-0.4, -0.2) is 41.9 Å². The van der Waals surface area contributed by atoms with Gasteiger partial charge in [0, 0.05) is 24.6 Å². The Kier molecular flexibility index (Phi) is 6.22. The van der Waals surface area contributed by atoms with E-state index >= 15 is 0 Å². The van der Waals surface area contributed by atoms with E-state index in [2.05, 4.69) is 27.6 Å². The molecule has 0 saturated carbocycles. The molecule has 8 nitrogen and oxygen atoms in total. The van der Waals surface area contributed by atoms with Crippen LogP contribution in [0, 0.1) is 12.8 Å². The van der Waals surface area contributed by atoms with Crippen LogP contribution in [0.2, 0.25) is 0 Å². The maximum absolute atomic E-state index is 12.9. The van der Waals surface area contributed by atoms with Gasteiger partial charge < -0.3 is 4.42 Å². The highest BCUT2D eigenvalue weighted by Gasteiger charge is 2.32. The van der Waals surface area contributed by atoms with Crippen LogP contribution in [-0.2, 0) is 27.7 Å². The summed E-state index contributed by atoms with van der Waals surface area (Å²) in [5.41, 5.74) is 4.55. The van der Waals surface area contributed by atoms with Crippen molar-refractivity contribution in [2.75, 3.05) is 18.4 Å². The number of hydrogen-bond donors (Lipinski definition) is 1. The molecule has 178 valence electrons. The van der Waals surface area contributed by atoms with Crippen molar-refractivity contribution in [1.29, 1.82) is 0 Å². The Bertz CT molecular complexity index is 1290. The molecule has 1 amide bonds. The average molecular weight is 481 g/mol. The summed E-state index contributed by atoms with van der Waals surface area (Å²) in [7, 11) is -3.56. The first-order valence-electron chi connectivity index (χ1n) is 11.7. The SMILES string of the molecule is Cc1ccc(S(=O)(=O)N2CCC(C(=O)Nc3nnc(-c4ccc5c(c4)CCCC5)o3)CC2)cc1. The largest absolute Gasteiger partial charge is 0.403 e. The third-order valence-electron chi connectivity index (χ3n) is 6.73. The summed E-state index contributed by atoms with van der Waals surface area (Å²) in [5, 5.41) is 10.8. The lowest BCUT2D eigenvalue weighted by molar-refractivity contribution is -0.121. The molecule has 0 radical (unpaired) electrons. The van der Waals surface area contributed by atoms with Crippen molar-refractivity contribution < 1.29 is 17.6 Å². The number of sulfonamides is 1. The Hall–Kier alpha value is -3.04. The third kappa shape index (κ3) is 4.63. The molecule has 0 atom stereocenters. The second-order valence-corrected chi connectivity index (χ2v) is 11.0. The summed E-state index contributed by atoms with van der Waals surface area (Å²) in [6.45, 7) is 2.50. The Balaban J connectivity index is 1.19. The molecule has 3 aromatic rings. The minimum Gasteiger partial charge on any atom is -0.403 e. The van der Waals surface area contributed by atoms with Crippen LogP contribution < -0.4 is 5.32 Å². The van der Waals surface area contributed by atoms with E-state index in [0.717, 1.165) is 24.0 Å². The zero-order chi connectivity index (χ0) is 23.7. The van der Waals surface area contributed by atoms with Crippen LogP contribution in [0.25, 0.3) is 11.5 Å². The van der Waals surface area contributed by atoms with Crippen LogP contribution in [0.3, 0.4) is 0 Å². The van der Waals surface area contributed by atoms with Crippen LogP contribution in [0.15, 0.2) is 51.8 Å². The molecule has 2 aliphatic rings. The number of carbonyl (C=O) groups is 1. The molecule has 34 heavy (non-hydrogen) atoms. The fourth-order valence-corrected chi connectivity index (χ4v) is 6.15. The molecule has 1 fully saturated rings. The van der Waals surface area contributed by atoms with E-state index in [0.29, 0.717) is 31.8 Å². The van der Waals surface area contributed by atoms with Gasteiger partial charge >= 0.3 is 6.01 Å². The van der Waals surface area contributed by atoms with Gasteiger partial charge in [-0.05, 0) is 80.8 Å². The minimum atomic E-state index is -3.56. The lowest BCUT2D eigenvalue weighted by atomic mass is 9.90. The Morgan fingerprint density at radius 3 is 2.44 bits per heavy atom. The number of aryl methyl sites for hydroxylation is 3. The number of anilines is 1. The Labute approximate surface area is 199 Å². The fraction of sp³-hybridized carbons (Fsp3) is 0.400. The molecular weight excluding hydrogens is 452 g/mol. The first kappa shape index (κ1) is 22.7. The quantitative estimate of drug-likeness (QED) is 0.593. The maximum Gasteiger partial charge on any atom is 0.322 e. The van der Waals surface area contributed by atoms with E-state index in [1.807, 2.05) is 13.0 Å². The number of rotatable bonds is 5. The van der Waals surface area contributed by atoms with Crippen molar-refractivity contribution in [3.05, 3.63) is 59.2 Å². The van der Waals surface area contributed by atoms with Crippen molar-refractivity contribution in [2.45, 2.75) is 50.3 Å². The monoisotopic (exact) mass is 480 g/mol. The van der Waals surface area contributed by atoms with E-state index in [9.17, 15) is 13.2 Å². The minimum absolute atomic E-state index is 0.0624. The summed E-state index contributed by atoms with van der Waals surface area (Å²) in [6, 6.07) is 13.1. The standard InChI is InChI=1S/C25H28N4O4S/c1-17-6-10-22(11-7-17)34(31,32)29-14-12-19(13-15-29)23(30)26-25-28-27-24(33-25)21-9-8-18-4-2-3-5-20(18)16-21/h6-11,16,19H,2-5,12-15H2,1H3,(H,26,28,30). The molecule has 5 rings (SSSR count). The van der Waals surface area contributed by atoms with Crippen molar-refractivity contribution in [1.82, 2.24) is 14.5 Å². The number of piperidine rings is 1. The highest BCUT2D eigenvalue weighted by atomic mass is 32.2. The molecule has 2 aromatic carbocycles. The number of fused-ring (bicyclic) bond motifs is 1. The van der Waals surface area contributed by atoms with Crippen LogP contribution in [0.5, 0.6) is 0 Å². The summed E-state index contributed by atoms with van der Waals surface area (Å²) in [6.07, 6.45) is 5.43. The first-order valence-corrected chi connectivity index (χ1v) is 13.2. The predicted molar refractivity (Wildman–Crippen MR) is 128 cm³/mol. The molecule has 0 spiro atoms. The summed E-state index contributed by atoms with van der Waals surface area (Å²) < 4.78 is 32.9. The van der Waals surface area contributed by atoms with Gasteiger partial charge in [-0.3, -0.25) is 10.1 Å². The molecule has 1 saturated heterocycles. The predicted octanol–water partition coefficient (Wildman–Crippen LogP) is 3.96. The molecule has 1 aromatic heterocycles. The van der Waals surface area contributed by atoms with E-state index in [1.165, 1.54) is 28.3 Å². The molecule has 9 heteroatoms. The number of benzene rings is 2. The number of hydrogen-bond acceptors (Lipinski definition) is 6. The highest BCUT2D eigenvalue weighted by molar-refractivity contribution is 7.89. The van der Waals surface area contributed by atoms with E-state index in [4.69, 9.17) is 4.42 Å². The molecule has 0 unspecified atom stereocenters. The summed E-state index contributed by atoms with van der Waals surface area (Å²) in [5.74, 6) is -0.167. The highest BCUT2D eigenvalue weighted by Crippen LogP contribution is 2.28. The van der Waals surface area contributed by atoms with Crippen LogP contribution in [0.1, 0.15) is 42.4 Å². The molecule has 1 N–H and O–H groups in total. The number of amides is 1. The lowest BCUT2D eigenvalue weighted by Crippen LogP contribution is -2.41. The normalized spacial score (nSPS) is 17.3. The molecule has 2 heterocycles. The number of nitrogens with one attached hydrogen (secondary N) is 1. The van der Waals surface area contributed by atoms with Gasteiger partial charge in [0.25, 0.3) is 0 Å². The summed E-state index contributed by atoms with van der Waals surface area (Å²) in [4.78, 5) is 13.0. The molecule has 1 aliphatic carbocycles. The lowest BCUT2D eigenvalue weighted by Gasteiger charge is -2.30. The number of aromatic nitrogens is 2. The maximum atomic E-state index is 12.9. The van der Waals surface area contributed by atoms with Gasteiger partial charge in [-0.1, -0.05) is 28.9 Å². The van der Waals surface area contributed by atoms with Crippen molar-refractivity contribution >= 4 is 21.9 Å². The van der Waals surface area contributed by atoms with E-state index in [-0.39, 0.29) is 22.7 Å². The Morgan fingerprint density at radius 1 is 1.00 bits per heavy atom. The van der Waals surface area contributed by atoms with Crippen molar-refractivity contribution in [3.8, 4) is 11.5 Å². The van der Waals surface area contributed by atoms with E-state index in [1.54, 1.807) is 24.3 Å². The van der Waals surface area contributed by atoms with Gasteiger partial charge in [-0.25, -0.2) is 8.42 Å².